The highest BCUT2D eigenvalue weighted by atomic mass is 32.1. The highest BCUT2D eigenvalue weighted by Gasteiger charge is 2.19. The molecule has 0 saturated heterocycles. The summed E-state index contributed by atoms with van der Waals surface area (Å²) in [5.41, 5.74) is 0.0105. The van der Waals surface area contributed by atoms with Crippen molar-refractivity contribution in [2.45, 2.75) is 0 Å². The zero-order chi connectivity index (χ0) is 14.8. The van der Waals surface area contributed by atoms with Crippen LogP contribution in [0.4, 0.5) is 0 Å². The number of aromatic carboxylic acids is 1. The topological polar surface area (TPSA) is 81.5 Å². The van der Waals surface area contributed by atoms with E-state index >= 15 is 0 Å². The standard InChI is InChI=1S/C14H10N2O4S/c1-19-10-4-2-3-8(14(17)18)11(10)20-12-9-5-6-21-13(9)16-7-15-12/h2-7H,1H3,(H,17,18). The predicted octanol–water partition coefficient (Wildman–Crippen LogP) is 3.19. The van der Waals surface area contributed by atoms with Gasteiger partial charge in [0.05, 0.1) is 12.5 Å². The summed E-state index contributed by atoms with van der Waals surface area (Å²) < 4.78 is 10.9. The van der Waals surface area contributed by atoms with Gasteiger partial charge < -0.3 is 14.6 Å². The van der Waals surface area contributed by atoms with Gasteiger partial charge in [0.2, 0.25) is 5.88 Å². The Kier molecular flexibility index (Phi) is 3.41. The molecule has 0 aliphatic heterocycles. The van der Waals surface area contributed by atoms with E-state index in [0.29, 0.717) is 11.6 Å². The predicted molar refractivity (Wildman–Crippen MR) is 77.4 cm³/mol. The highest BCUT2D eigenvalue weighted by molar-refractivity contribution is 7.16. The van der Waals surface area contributed by atoms with Gasteiger partial charge in [-0.1, -0.05) is 6.07 Å². The normalized spacial score (nSPS) is 10.5. The maximum absolute atomic E-state index is 11.3. The number of carboxylic acid groups (broad SMARTS) is 1. The number of carbonyl (C=O) groups is 1. The second kappa shape index (κ2) is 5.37. The van der Waals surface area contributed by atoms with Crippen LogP contribution in [0.15, 0.2) is 36.0 Å². The lowest BCUT2D eigenvalue weighted by atomic mass is 10.2. The maximum Gasteiger partial charge on any atom is 0.339 e. The van der Waals surface area contributed by atoms with E-state index in [1.165, 1.54) is 30.8 Å². The van der Waals surface area contributed by atoms with Gasteiger partial charge in [0.1, 0.15) is 16.7 Å². The van der Waals surface area contributed by atoms with Crippen LogP contribution in [0.1, 0.15) is 10.4 Å². The molecule has 0 aliphatic rings. The Labute approximate surface area is 123 Å². The zero-order valence-corrected chi connectivity index (χ0v) is 11.8. The smallest absolute Gasteiger partial charge is 0.339 e. The molecule has 6 nitrogen and oxygen atoms in total. The average molecular weight is 302 g/mol. The summed E-state index contributed by atoms with van der Waals surface area (Å²) in [6.45, 7) is 0. The van der Waals surface area contributed by atoms with Crippen molar-refractivity contribution in [3.8, 4) is 17.4 Å². The minimum absolute atomic E-state index is 0.0105. The Morgan fingerprint density at radius 2 is 2.14 bits per heavy atom. The SMILES string of the molecule is COc1cccc(C(=O)O)c1Oc1ncnc2sccc12. The van der Waals surface area contributed by atoms with Gasteiger partial charge in [0.15, 0.2) is 11.5 Å². The molecule has 106 valence electrons. The molecule has 0 radical (unpaired) electrons. The Balaban J connectivity index is 2.13. The van der Waals surface area contributed by atoms with Crippen LogP contribution >= 0.6 is 11.3 Å². The summed E-state index contributed by atoms with van der Waals surface area (Å²) in [6, 6.07) is 6.50. The van der Waals surface area contributed by atoms with Crippen LogP contribution in [0, 0.1) is 0 Å². The molecular weight excluding hydrogens is 292 g/mol. The number of hydrogen-bond acceptors (Lipinski definition) is 6. The van der Waals surface area contributed by atoms with Crippen LogP contribution < -0.4 is 9.47 Å². The molecule has 3 aromatic rings. The summed E-state index contributed by atoms with van der Waals surface area (Å²) in [6.07, 6.45) is 1.38. The second-order valence-corrected chi connectivity index (χ2v) is 4.96. The second-order valence-electron chi connectivity index (χ2n) is 4.06. The summed E-state index contributed by atoms with van der Waals surface area (Å²) in [5, 5.41) is 11.9. The first-order valence-electron chi connectivity index (χ1n) is 5.97. The molecule has 0 fully saturated rings. The van der Waals surface area contributed by atoms with Crippen molar-refractivity contribution in [2.75, 3.05) is 7.11 Å². The number of methoxy groups -OCH3 is 1. The summed E-state index contributed by atoms with van der Waals surface area (Å²) in [4.78, 5) is 20.3. The monoisotopic (exact) mass is 302 g/mol. The van der Waals surface area contributed by atoms with Crippen molar-refractivity contribution >= 4 is 27.5 Å². The van der Waals surface area contributed by atoms with Crippen molar-refractivity contribution < 1.29 is 19.4 Å². The van der Waals surface area contributed by atoms with E-state index in [4.69, 9.17) is 9.47 Å². The molecule has 0 amide bonds. The molecule has 0 saturated carbocycles. The Bertz CT molecular complexity index is 816. The van der Waals surface area contributed by atoms with Gasteiger partial charge in [-0.15, -0.1) is 11.3 Å². The van der Waals surface area contributed by atoms with Gasteiger partial charge in [0, 0.05) is 0 Å². The fourth-order valence-corrected chi connectivity index (χ4v) is 2.62. The first kappa shape index (κ1) is 13.3. The number of para-hydroxylation sites is 1. The van der Waals surface area contributed by atoms with Crippen LogP contribution in [0.2, 0.25) is 0 Å². The number of rotatable bonds is 4. The molecular formula is C14H10N2O4S. The molecule has 7 heteroatoms. The molecule has 1 N–H and O–H groups in total. The summed E-state index contributed by atoms with van der Waals surface area (Å²) >= 11 is 1.45. The zero-order valence-electron chi connectivity index (χ0n) is 10.9. The fourth-order valence-electron chi connectivity index (χ4n) is 1.90. The van der Waals surface area contributed by atoms with E-state index in [1.54, 1.807) is 12.1 Å². The number of ether oxygens (including phenoxy) is 2. The lowest BCUT2D eigenvalue weighted by Crippen LogP contribution is -2.02. The number of fused-ring (bicyclic) bond motifs is 1. The lowest BCUT2D eigenvalue weighted by molar-refractivity contribution is 0.0693. The third-order valence-corrected chi connectivity index (χ3v) is 3.67. The quantitative estimate of drug-likeness (QED) is 0.797. The van der Waals surface area contributed by atoms with Crippen molar-refractivity contribution in [1.82, 2.24) is 9.97 Å². The number of aromatic nitrogens is 2. The first-order valence-corrected chi connectivity index (χ1v) is 6.85. The number of carboxylic acids is 1. The van der Waals surface area contributed by atoms with E-state index in [1.807, 2.05) is 11.4 Å². The van der Waals surface area contributed by atoms with Crippen molar-refractivity contribution in [3.63, 3.8) is 0 Å². The van der Waals surface area contributed by atoms with Crippen molar-refractivity contribution in [2.24, 2.45) is 0 Å². The van der Waals surface area contributed by atoms with Gasteiger partial charge in [-0.3, -0.25) is 0 Å². The third-order valence-electron chi connectivity index (χ3n) is 2.85. The number of hydrogen-bond donors (Lipinski definition) is 1. The molecule has 21 heavy (non-hydrogen) atoms. The molecule has 2 heterocycles. The Morgan fingerprint density at radius 3 is 2.90 bits per heavy atom. The molecule has 0 spiro atoms. The maximum atomic E-state index is 11.3. The molecule has 0 unspecified atom stereocenters. The van der Waals surface area contributed by atoms with E-state index in [0.717, 1.165) is 10.2 Å². The molecule has 0 aliphatic carbocycles. The largest absolute Gasteiger partial charge is 0.493 e. The summed E-state index contributed by atoms with van der Waals surface area (Å²) in [7, 11) is 1.45. The van der Waals surface area contributed by atoms with Gasteiger partial charge >= 0.3 is 5.97 Å². The van der Waals surface area contributed by atoms with Crippen LogP contribution in [0.5, 0.6) is 17.4 Å². The molecule has 2 aromatic heterocycles. The molecule has 0 atom stereocenters. The third kappa shape index (κ3) is 2.38. The molecule has 0 bridgehead atoms. The number of benzene rings is 1. The van der Waals surface area contributed by atoms with Gasteiger partial charge in [-0.2, -0.15) is 0 Å². The fraction of sp³-hybridized carbons (Fsp3) is 0.0714. The highest BCUT2D eigenvalue weighted by Crippen LogP contribution is 2.37. The van der Waals surface area contributed by atoms with Crippen LogP contribution in [0.25, 0.3) is 10.2 Å². The van der Waals surface area contributed by atoms with Crippen LogP contribution in [0.3, 0.4) is 0 Å². The Morgan fingerprint density at radius 1 is 1.29 bits per heavy atom. The average Bonchev–Trinajstić information content (AvgIpc) is 2.96. The molecule has 3 rings (SSSR count). The van der Waals surface area contributed by atoms with Crippen LogP contribution in [-0.2, 0) is 0 Å². The Hall–Kier alpha value is -2.67. The number of nitrogens with zero attached hydrogens (tertiary/aromatic N) is 2. The lowest BCUT2D eigenvalue weighted by Gasteiger charge is -2.12. The van der Waals surface area contributed by atoms with Gasteiger partial charge in [0.25, 0.3) is 0 Å². The minimum Gasteiger partial charge on any atom is -0.493 e. The first-order chi connectivity index (χ1) is 10.2. The van der Waals surface area contributed by atoms with E-state index in [-0.39, 0.29) is 11.3 Å². The van der Waals surface area contributed by atoms with E-state index in [2.05, 4.69) is 9.97 Å². The van der Waals surface area contributed by atoms with Crippen molar-refractivity contribution in [1.29, 1.82) is 0 Å². The van der Waals surface area contributed by atoms with E-state index in [9.17, 15) is 9.90 Å². The van der Waals surface area contributed by atoms with Gasteiger partial charge in [-0.25, -0.2) is 14.8 Å². The van der Waals surface area contributed by atoms with Gasteiger partial charge in [-0.05, 0) is 23.6 Å². The van der Waals surface area contributed by atoms with Crippen molar-refractivity contribution in [3.05, 3.63) is 41.5 Å². The summed E-state index contributed by atoms with van der Waals surface area (Å²) in [5.74, 6) is -0.344. The minimum atomic E-state index is -1.10. The van der Waals surface area contributed by atoms with E-state index < -0.39 is 5.97 Å². The molecule has 1 aromatic carbocycles. The van der Waals surface area contributed by atoms with Crippen LogP contribution in [-0.4, -0.2) is 28.2 Å². The number of thiophene rings is 1.